The van der Waals surface area contributed by atoms with Gasteiger partial charge in [-0.15, -0.1) is 0 Å². The predicted molar refractivity (Wildman–Crippen MR) is 49.0 cm³/mol. The zero-order valence-corrected chi connectivity index (χ0v) is 8.06. The van der Waals surface area contributed by atoms with Crippen molar-refractivity contribution < 1.29 is 13.6 Å². The number of rotatable bonds is 3. The molecule has 1 aliphatic rings. The lowest BCUT2D eigenvalue weighted by atomic mass is 9.86. The van der Waals surface area contributed by atoms with E-state index in [1.54, 1.807) is 0 Å². The van der Waals surface area contributed by atoms with Crippen molar-refractivity contribution in [2.75, 3.05) is 13.1 Å². The predicted octanol–water partition coefficient (Wildman–Crippen LogP) is 0.887. The van der Waals surface area contributed by atoms with Crippen LogP contribution in [0.3, 0.4) is 0 Å². The standard InChI is InChI=1S/C9H16F2N2O/c10-9(11)3-1-7(2-4-9)8(14)13-6-5-12/h7H,1-6,12H2,(H,13,14). The van der Waals surface area contributed by atoms with Gasteiger partial charge in [0.1, 0.15) is 0 Å². The van der Waals surface area contributed by atoms with Gasteiger partial charge in [0.15, 0.2) is 0 Å². The van der Waals surface area contributed by atoms with E-state index in [-0.39, 0.29) is 37.5 Å². The second kappa shape index (κ2) is 4.68. The van der Waals surface area contributed by atoms with E-state index in [1.807, 2.05) is 0 Å². The Morgan fingerprint density at radius 3 is 2.50 bits per heavy atom. The van der Waals surface area contributed by atoms with E-state index in [1.165, 1.54) is 0 Å². The molecular weight excluding hydrogens is 190 g/mol. The van der Waals surface area contributed by atoms with Gasteiger partial charge in [-0.25, -0.2) is 8.78 Å². The first-order valence-electron chi connectivity index (χ1n) is 4.91. The van der Waals surface area contributed by atoms with Gasteiger partial charge >= 0.3 is 0 Å². The monoisotopic (exact) mass is 206 g/mol. The van der Waals surface area contributed by atoms with Crippen molar-refractivity contribution in [2.24, 2.45) is 11.7 Å². The molecule has 0 aromatic carbocycles. The third kappa shape index (κ3) is 3.21. The molecule has 0 atom stereocenters. The van der Waals surface area contributed by atoms with Gasteiger partial charge < -0.3 is 11.1 Å². The van der Waals surface area contributed by atoms with Crippen LogP contribution < -0.4 is 11.1 Å². The van der Waals surface area contributed by atoms with Crippen LogP contribution in [-0.2, 0) is 4.79 Å². The zero-order valence-electron chi connectivity index (χ0n) is 8.06. The average Bonchev–Trinajstić information content (AvgIpc) is 2.14. The highest BCUT2D eigenvalue weighted by atomic mass is 19.3. The van der Waals surface area contributed by atoms with Gasteiger partial charge in [-0.2, -0.15) is 0 Å². The van der Waals surface area contributed by atoms with Crippen LogP contribution in [0.1, 0.15) is 25.7 Å². The van der Waals surface area contributed by atoms with Gasteiger partial charge in [0.05, 0.1) is 0 Å². The Morgan fingerprint density at radius 1 is 1.43 bits per heavy atom. The van der Waals surface area contributed by atoms with Gasteiger partial charge in [-0.3, -0.25) is 4.79 Å². The Balaban J connectivity index is 2.30. The molecule has 0 aliphatic heterocycles. The molecule has 0 saturated heterocycles. The lowest BCUT2D eigenvalue weighted by molar-refractivity contribution is -0.129. The molecule has 0 aromatic rings. The number of carbonyl (C=O) groups is 1. The molecule has 0 unspecified atom stereocenters. The van der Waals surface area contributed by atoms with Crippen LogP contribution in [0.2, 0.25) is 0 Å². The third-order valence-corrected chi connectivity index (χ3v) is 2.53. The summed E-state index contributed by atoms with van der Waals surface area (Å²) in [4.78, 5) is 11.4. The number of amides is 1. The molecule has 1 rings (SSSR count). The fraction of sp³-hybridized carbons (Fsp3) is 0.889. The Morgan fingerprint density at radius 2 is 2.00 bits per heavy atom. The summed E-state index contributed by atoms with van der Waals surface area (Å²) < 4.78 is 25.5. The second-order valence-corrected chi connectivity index (χ2v) is 3.71. The van der Waals surface area contributed by atoms with Crippen LogP contribution in [0.15, 0.2) is 0 Å². The van der Waals surface area contributed by atoms with E-state index in [4.69, 9.17) is 5.73 Å². The number of hydrogen-bond acceptors (Lipinski definition) is 2. The minimum absolute atomic E-state index is 0.133. The van der Waals surface area contributed by atoms with E-state index in [9.17, 15) is 13.6 Å². The summed E-state index contributed by atoms with van der Waals surface area (Å²) in [6.07, 6.45) is 0.217. The molecule has 14 heavy (non-hydrogen) atoms. The molecule has 0 heterocycles. The second-order valence-electron chi connectivity index (χ2n) is 3.71. The van der Waals surface area contributed by atoms with Gasteiger partial charge in [-0.05, 0) is 12.8 Å². The van der Waals surface area contributed by atoms with Gasteiger partial charge in [0.2, 0.25) is 11.8 Å². The minimum atomic E-state index is -2.56. The highest BCUT2D eigenvalue weighted by Gasteiger charge is 2.37. The largest absolute Gasteiger partial charge is 0.355 e. The van der Waals surface area contributed by atoms with E-state index in [2.05, 4.69) is 5.32 Å². The number of hydrogen-bond donors (Lipinski definition) is 2. The Kier molecular flexibility index (Phi) is 3.80. The number of nitrogens with one attached hydrogen (secondary N) is 1. The molecule has 3 N–H and O–H groups in total. The first-order chi connectivity index (χ1) is 6.55. The summed E-state index contributed by atoms with van der Waals surface area (Å²) in [7, 11) is 0. The molecule has 1 amide bonds. The molecule has 0 aromatic heterocycles. The molecular formula is C9H16F2N2O. The Bertz CT molecular complexity index is 199. The van der Waals surface area contributed by atoms with E-state index in [0.29, 0.717) is 13.1 Å². The third-order valence-electron chi connectivity index (χ3n) is 2.53. The Hall–Kier alpha value is -0.710. The zero-order chi connectivity index (χ0) is 10.6. The van der Waals surface area contributed by atoms with Crippen molar-refractivity contribution >= 4 is 5.91 Å². The first kappa shape index (κ1) is 11.4. The normalized spacial score (nSPS) is 21.9. The molecule has 5 heteroatoms. The molecule has 0 radical (unpaired) electrons. The lowest BCUT2D eigenvalue weighted by Crippen LogP contribution is -2.37. The Labute approximate surface area is 82.0 Å². The fourth-order valence-corrected chi connectivity index (χ4v) is 1.64. The van der Waals surface area contributed by atoms with Crippen LogP contribution in [-0.4, -0.2) is 24.9 Å². The topological polar surface area (TPSA) is 55.1 Å². The summed E-state index contributed by atoms with van der Waals surface area (Å²) in [5.74, 6) is -2.95. The average molecular weight is 206 g/mol. The number of alkyl halides is 2. The van der Waals surface area contributed by atoms with Crippen molar-refractivity contribution in [1.82, 2.24) is 5.32 Å². The molecule has 0 spiro atoms. The number of nitrogens with two attached hydrogens (primary N) is 1. The highest BCUT2D eigenvalue weighted by molar-refractivity contribution is 5.78. The summed E-state index contributed by atoms with van der Waals surface area (Å²) in [6.45, 7) is 0.806. The van der Waals surface area contributed by atoms with Crippen LogP contribution in [0.25, 0.3) is 0 Å². The van der Waals surface area contributed by atoms with Crippen molar-refractivity contribution in [3.05, 3.63) is 0 Å². The van der Waals surface area contributed by atoms with Crippen LogP contribution in [0, 0.1) is 5.92 Å². The summed E-state index contributed by atoms with van der Waals surface area (Å²) >= 11 is 0. The molecule has 1 saturated carbocycles. The van der Waals surface area contributed by atoms with E-state index >= 15 is 0 Å². The maximum Gasteiger partial charge on any atom is 0.248 e. The van der Waals surface area contributed by atoms with Gasteiger partial charge in [0, 0.05) is 31.8 Å². The quantitative estimate of drug-likeness (QED) is 0.720. The SMILES string of the molecule is NCCNC(=O)C1CCC(F)(F)CC1. The van der Waals surface area contributed by atoms with Gasteiger partial charge in [0.25, 0.3) is 0 Å². The van der Waals surface area contributed by atoms with Gasteiger partial charge in [-0.1, -0.05) is 0 Å². The molecule has 1 aliphatic carbocycles. The van der Waals surface area contributed by atoms with Crippen LogP contribution in [0.4, 0.5) is 8.78 Å². The van der Waals surface area contributed by atoms with E-state index in [0.717, 1.165) is 0 Å². The maximum absolute atomic E-state index is 12.7. The van der Waals surface area contributed by atoms with Crippen LogP contribution in [0.5, 0.6) is 0 Å². The fourth-order valence-electron chi connectivity index (χ4n) is 1.64. The lowest BCUT2D eigenvalue weighted by Gasteiger charge is -2.27. The first-order valence-corrected chi connectivity index (χ1v) is 4.91. The van der Waals surface area contributed by atoms with E-state index < -0.39 is 5.92 Å². The van der Waals surface area contributed by atoms with Crippen molar-refractivity contribution in [3.63, 3.8) is 0 Å². The molecule has 82 valence electrons. The molecule has 1 fully saturated rings. The smallest absolute Gasteiger partial charge is 0.248 e. The molecule has 0 bridgehead atoms. The van der Waals surface area contributed by atoms with Crippen molar-refractivity contribution in [3.8, 4) is 0 Å². The summed E-state index contributed by atoms with van der Waals surface area (Å²) in [6, 6.07) is 0. The minimum Gasteiger partial charge on any atom is -0.355 e. The maximum atomic E-state index is 12.7. The summed E-state index contributed by atoms with van der Waals surface area (Å²) in [5.41, 5.74) is 5.21. The summed E-state index contributed by atoms with van der Waals surface area (Å²) in [5, 5.41) is 2.62. The van der Waals surface area contributed by atoms with Crippen molar-refractivity contribution in [2.45, 2.75) is 31.6 Å². The van der Waals surface area contributed by atoms with Crippen molar-refractivity contribution in [1.29, 1.82) is 0 Å². The molecule has 3 nitrogen and oxygen atoms in total. The number of carbonyl (C=O) groups excluding carboxylic acids is 1. The highest BCUT2D eigenvalue weighted by Crippen LogP contribution is 2.35. The number of halogens is 2. The van der Waals surface area contributed by atoms with Crippen LogP contribution >= 0.6 is 0 Å².